The summed E-state index contributed by atoms with van der Waals surface area (Å²) < 4.78 is 0. The summed E-state index contributed by atoms with van der Waals surface area (Å²) in [7, 11) is 0. The molecule has 0 bridgehead atoms. The summed E-state index contributed by atoms with van der Waals surface area (Å²) in [5.41, 5.74) is 1.89. The smallest absolute Gasteiger partial charge is 0.329 e. The molecule has 0 fully saturated rings. The molecule has 0 radical (unpaired) electrons. The topological polar surface area (TPSA) is 69.6 Å². The second-order valence-electron chi connectivity index (χ2n) is 3.03. The molecule has 0 aliphatic rings. The lowest BCUT2D eigenvalue weighted by Crippen LogP contribution is -2.05. The van der Waals surface area contributed by atoms with Crippen LogP contribution in [0, 0.1) is 0 Å². The van der Waals surface area contributed by atoms with E-state index in [1.54, 1.807) is 0 Å². The molecular weight excluding hydrogens is 194 g/mol. The molecule has 0 aliphatic carbocycles. The largest absolute Gasteiger partial charge is 0.478 e. The first-order chi connectivity index (χ1) is 7.22. The van der Waals surface area contributed by atoms with Crippen LogP contribution in [0.5, 0.6) is 0 Å². The Hall–Kier alpha value is -1.81. The number of nitrogens with one attached hydrogen (secondary N) is 1. The number of aliphatic hydroxyl groups excluding tert-OH is 1. The minimum atomic E-state index is -0.974. The van der Waals surface area contributed by atoms with Crippen molar-refractivity contribution >= 4 is 5.97 Å². The molecule has 1 aromatic rings. The molecule has 15 heavy (non-hydrogen) atoms. The number of aliphatic hydroxyl groups is 1. The Morgan fingerprint density at radius 2 is 1.87 bits per heavy atom. The van der Waals surface area contributed by atoms with Crippen LogP contribution in [0.15, 0.2) is 36.5 Å². The number of aliphatic carboxylic acids is 1. The van der Waals surface area contributed by atoms with Crippen LogP contribution >= 0.6 is 0 Å². The summed E-state index contributed by atoms with van der Waals surface area (Å²) in [5, 5.41) is 20.0. The maximum atomic E-state index is 10.1. The zero-order valence-electron chi connectivity index (χ0n) is 8.18. The van der Waals surface area contributed by atoms with Gasteiger partial charge in [0.25, 0.3) is 0 Å². The summed E-state index contributed by atoms with van der Waals surface area (Å²) in [5.74, 6) is -0.974. The van der Waals surface area contributed by atoms with E-state index in [1.807, 2.05) is 24.3 Å². The highest BCUT2D eigenvalue weighted by atomic mass is 16.4. The van der Waals surface area contributed by atoms with E-state index in [2.05, 4.69) is 5.32 Å². The zero-order valence-corrected chi connectivity index (χ0v) is 8.18. The van der Waals surface area contributed by atoms with Gasteiger partial charge in [-0.2, -0.15) is 0 Å². The Kier molecular flexibility index (Phi) is 4.37. The maximum Gasteiger partial charge on any atom is 0.329 e. The summed E-state index contributed by atoms with van der Waals surface area (Å²) in [4.78, 5) is 10.1. The van der Waals surface area contributed by atoms with Crippen LogP contribution in [-0.4, -0.2) is 16.2 Å². The summed E-state index contributed by atoms with van der Waals surface area (Å²) >= 11 is 0. The van der Waals surface area contributed by atoms with Crippen molar-refractivity contribution in [3.8, 4) is 0 Å². The van der Waals surface area contributed by atoms with Gasteiger partial charge in [0.05, 0.1) is 6.61 Å². The normalized spacial score (nSPS) is 10.5. The number of hydrogen-bond donors (Lipinski definition) is 3. The second kappa shape index (κ2) is 5.82. The van der Waals surface area contributed by atoms with Crippen molar-refractivity contribution in [2.45, 2.75) is 13.2 Å². The van der Waals surface area contributed by atoms with Gasteiger partial charge in [0.2, 0.25) is 0 Å². The van der Waals surface area contributed by atoms with Gasteiger partial charge in [-0.3, -0.25) is 0 Å². The molecule has 80 valence electrons. The molecule has 0 saturated carbocycles. The van der Waals surface area contributed by atoms with Crippen molar-refractivity contribution in [3.63, 3.8) is 0 Å². The number of carbonyl (C=O) groups is 1. The second-order valence-corrected chi connectivity index (χ2v) is 3.03. The van der Waals surface area contributed by atoms with Crippen LogP contribution in [0.2, 0.25) is 0 Å². The molecule has 4 heteroatoms. The molecule has 1 rings (SSSR count). The molecule has 0 aliphatic heterocycles. The molecule has 1 aromatic carbocycles. The van der Waals surface area contributed by atoms with Crippen molar-refractivity contribution in [3.05, 3.63) is 47.7 Å². The van der Waals surface area contributed by atoms with E-state index in [4.69, 9.17) is 10.2 Å². The predicted molar refractivity (Wildman–Crippen MR) is 56.0 cm³/mol. The van der Waals surface area contributed by atoms with Gasteiger partial charge in [0.1, 0.15) is 0 Å². The molecule has 0 spiro atoms. The number of carboxylic acids is 1. The fraction of sp³-hybridized carbons (Fsp3) is 0.182. The van der Waals surface area contributed by atoms with E-state index < -0.39 is 5.97 Å². The standard InChI is InChI=1S/C11H13NO3/c13-8-10-3-1-9(2-4-10)7-12-6-5-11(14)15/h1-6,12-13H,7-8H2,(H,14,15)/b6-5+. The van der Waals surface area contributed by atoms with Gasteiger partial charge < -0.3 is 15.5 Å². The summed E-state index contributed by atoms with van der Waals surface area (Å²) in [6.45, 7) is 0.599. The summed E-state index contributed by atoms with van der Waals surface area (Å²) in [6.07, 6.45) is 2.43. The number of rotatable bonds is 5. The van der Waals surface area contributed by atoms with E-state index in [0.717, 1.165) is 17.2 Å². The Morgan fingerprint density at radius 1 is 1.27 bits per heavy atom. The van der Waals surface area contributed by atoms with Crippen LogP contribution in [0.3, 0.4) is 0 Å². The van der Waals surface area contributed by atoms with Crippen molar-refractivity contribution in [1.82, 2.24) is 5.32 Å². The first-order valence-corrected chi connectivity index (χ1v) is 4.54. The van der Waals surface area contributed by atoms with Crippen LogP contribution < -0.4 is 5.32 Å². The van der Waals surface area contributed by atoms with Crippen molar-refractivity contribution < 1.29 is 15.0 Å². The molecule has 3 N–H and O–H groups in total. The van der Waals surface area contributed by atoms with Crippen molar-refractivity contribution in [1.29, 1.82) is 0 Å². The average Bonchev–Trinajstić information content (AvgIpc) is 2.25. The van der Waals surface area contributed by atoms with Gasteiger partial charge in [-0.1, -0.05) is 24.3 Å². The lowest BCUT2D eigenvalue weighted by Gasteiger charge is -2.02. The average molecular weight is 207 g/mol. The molecule has 0 amide bonds. The third kappa shape index (κ3) is 4.28. The molecule has 0 atom stereocenters. The monoisotopic (exact) mass is 207 g/mol. The highest BCUT2D eigenvalue weighted by molar-refractivity contribution is 5.79. The van der Waals surface area contributed by atoms with Gasteiger partial charge in [-0.15, -0.1) is 0 Å². The highest BCUT2D eigenvalue weighted by Crippen LogP contribution is 2.03. The van der Waals surface area contributed by atoms with Gasteiger partial charge in [-0.05, 0) is 11.1 Å². The highest BCUT2D eigenvalue weighted by Gasteiger charge is 1.92. The van der Waals surface area contributed by atoms with Gasteiger partial charge in [-0.25, -0.2) is 4.79 Å². The fourth-order valence-electron chi connectivity index (χ4n) is 1.07. The minimum Gasteiger partial charge on any atom is -0.478 e. The Balaban J connectivity index is 2.41. The van der Waals surface area contributed by atoms with Gasteiger partial charge >= 0.3 is 5.97 Å². The van der Waals surface area contributed by atoms with E-state index >= 15 is 0 Å². The Labute approximate surface area is 87.9 Å². The van der Waals surface area contributed by atoms with Crippen LogP contribution in [0.4, 0.5) is 0 Å². The SMILES string of the molecule is O=C(O)/C=C/NCc1ccc(CO)cc1. The number of hydrogen-bond acceptors (Lipinski definition) is 3. The third-order valence-electron chi connectivity index (χ3n) is 1.86. The summed E-state index contributed by atoms with van der Waals surface area (Å²) in [6, 6.07) is 7.43. The minimum absolute atomic E-state index is 0.0344. The maximum absolute atomic E-state index is 10.1. The van der Waals surface area contributed by atoms with E-state index in [-0.39, 0.29) is 6.61 Å². The lowest BCUT2D eigenvalue weighted by molar-refractivity contribution is -0.131. The van der Waals surface area contributed by atoms with Crippen LogP contribution in [-0.2, 0) is 17.9 Å². The first-order valence-electron chi connectivity index (χ1n) is 4.54. The van der Waals surface area contributed by atoms with Gasteiger partial charge in [0.15, 0.2) is 0 Å². The molecule has 0 heterocycles. The molecule has 0 saturated heterocycles. The molecule has 0 aromatic heterocycles. The lowest BCUT2D eigenvalue weighted by atomic mass is 10.1. The van der Waals surface area contributed by atoms with E-state index in [1.165, 1.54) is 6.20 Å². The number of benzene rings is 1. The Morgan fingerprint density at radius 3 is 2.40 bits per heavy atom. The first kappa shape index (κ1) is 11.3. The third-order valence-corrected chi connectivity index (χ3v) is 1.86. The quantitative estimate of drug-likeness (QED) is 0.626. The van der Waals surface area contributed by atoms with Gasteiger partial charge in [0, 0.05) is 18.8 Å². The fourth-order valence-corrected chi connectivity index (χ4v) is 1.07. The van der Waals surface area contributed by atoms with Crippen molar-refractivity contribution in [2.75, 3.05) is 0 Å². The molecular formula is C11H13NO3. The molecule has 0 unspecified atom stereocenters. The zero-order chi connectivity index (χ0) is 11.1. The number of carboxylic acid groups (broad SMARTS) is 1. The van der Waals surface area contributed by atoms with E-state index in [9.17, 15) is 4.79 Å². The predicted octanol–water partition coefficient (Wildman–Crippen LogP) is 0.867. The van der Waals surface area contributed by atoms with Crippen LogP contribution in [0.1, 0.15) is 11.1 Å². The Bertz CT molecular complexity index is 343. The molecule has 4 nitrogen and oxygen atoms in total. The van der Waals surface area contributed by atoms with E-state index in [0.29, 0.717) is 6.54 Å². The van der Waals surface area contributed by atoms with Crippen LogP contribution in [0.25, 0.3) is 0 Å². The van der Waals surface area contributed by atoms with Crippen molar-refractivity contribution in [2.24, 2.45) is 0 Å².